The highest BCUT2D eigenvalue weighted by molar-refractivity contribution is 5.96. The fourth-order valence-electron chi connectivity index (χ4n) is 2.09. The monoisotopic (exact) mass is 276 g/mol. The molecule has 0 unspecified atom stereocenters. The molecule has 0 aliphatic carbocycles. The van der Waals surface area contributed by atoms with Crippen LogP contribution in [0, 0.1) is 0 Å². The summed E-state index contributed by atoms with van der Waals surface area (Å²) in [6.07, 6.45) is 0. The van der Waals surface area contributed by atoms with Gasteiger partial charge in [0.25, 0.3) is 5.91 Å². The number of likely N-dealkylation sites (N-methyl/N-ethyl adjacent to an activating group) is 1. The number of nitrogens with one attached hydrogen (secondary N) is 3. The minimum Gasteiger partial charge on any atom is -0.382 e. The van der Waals surface area contributed by atoms with Gasteiger partial charge in [0, 0.05) is 37.8 Å². The van der Waals surface area contributed by atoms with Gasteiger partial charge in [0.2, 0.25) is 0 Å². The molecular weight excluding hydrogens is 252 g/mol. The molecule has 0 saturated carbocycles. The molecule has 2 rings (SSSR count). The summed E-state index contributed by atoms with van der Waals surface area (Å²) in [7, 11) is 2.06. The molecule has 0 radical (unpaired) electrons. The Morgan fingerprint density at radius 1 is 1.30 bits per heavy atom. The minimum atomic E-state index is -0.0164. The summed E-state index contributed by atoms with van der Waals surface area (Å²) in [5, 5.41) is 9.56. The van der Waals surface area contributed by atoms with Gasteiger partial charge < -0.3 is 20.9 Å². The highest BCUT2D eigenvalue weighted by atomic mass is 16.1. The second-order valence-electron chi connectivity index (χ2n) is 5.44. The number of carbonyl (C=O) groups excluding carboxylic acids is 1. The first-order chi connectivity index (χ1) is 9.58. The number of anilines is 2. The predicted molar refractivity (Wildman–Crippen MR) is 83.5 cm³/mol. The fourth-order valence-corrected chi connectivity index (χ4v) is 2.09. The van der Waals surface area contributed by atoms with Crippen molar-refractivity contribution in [2.24, 2.45) is 0 Å². The van der Waals surface area contributed by atoms with Gasteiger partial charge in [-0.05, 0) is 39.1 Å². The first-order valence-electron chi connectivity index (χ1n) is 7.18. The number of fused-ring (bicyclic) bond motifs is 1. The third-order valence-corrected chi connectivity index (χ3v) is 3.67. The first kappa shape index (κ1) is 14.7. The van der Waals surface area contributed by atoms with Gasteiger partial charge in [0.15, 0.2) is 0 Å². The number of benzene rings is 1. The van der Waals surface area contributed by atoms with Gasteiger partial charge in [-0.2, -0.15) is 0 Å². The van der Waals surface area contributed by atoms with Crippen molar-refractivity contribution >= 4 is 17.3 Å². The summed E-state index contributed by atoms with van der Waals surface area (Å²) < 4.78 is 0. The molecule has 0 fully saturated rings. The first-order valence-corrected chi connectivity index (χ1v) is 7.18. The molecule has 0 bridgehead atoms. The molecule has 20 heavy (non-hydrogen) atoms. The standard InChI is InChI=1S/C15H24N4O/c1-11(2)19(3)9-8-18-15(20)12-4-5-13-14(10-12)17-7-6-16-13/h4-5,10-11,16-17H,6-9H2,1-3H3,(H,18,20). The van der Waals surface area contributed by atoms with E-state index in [1.807, 2.05) is 18.2 Å². The Balaban J connectivity index is 1.89. The molecule has 1 aromatic carbocycles. The van der Waals surface area contributed by atoms with Gasteiger partial charge in [-0.1, -0.05) is 0 Å². The molecule has 110 valence electrons. The van der Waals surface area contributed by atoms with Gasteiger partial charge in [-0.3, -0.25) is 4.79 Å². The molecule has 1 aliphatic rings. The molecule has 1 heterocycles. The van der Waals surface area contributed by atoms with Gasteiger partial charge in [0.05, 0.1) is 11.4 Å². The van der Waals surface area contributed by atoms with Gasteiger partial charge in [-0.15, -0.1) is 0 Å². The normalized spacial score (nSPS) is 13.7. The van der Waals surface area contributed by atoms with Crippen LogP contribution in [0.3, 0.4) is 0 Å². The Kier molecular flexibility index (Phi) is 4.84. The van der Waals surface area contributed by atoms with Gasteiger partial charge >= 0.3 is 0 Å². The quantitative estimate of drug-likeness (QED) is 0.764. The zero-order valence-electron chi connectivity index (χ0n) is 12.5. The topological polar surface area (TPSA) is 56.4 Å². The maximum absolute atomic E-state index is 12.1. The van der Waals surface area contributed by atoms with Crippen molar-refractivity contribution in [3.8, 4) is 0 Å². The van der Waals surface area contributed by atoms with E-state index in [1.165, 1.54) is 0 Å². The van der Waals surface area contributed by atoms with Gasteiger partial charge in [0.1, 0.15) is 0 Å². The van der Waals surface area contributed by atoms with E-state index in [1.54, 1.807) is 0 Å². The average molecular weight is 276 g/mol. The summed E-state index contributed by atoms with van der Waals surface area (Å²) >= 11 is 0. The minimum absolute atomic E-state index is 0.0164. The predicted octanol–water partition coefficient (Wildman–Crippen LogP) is 1.59. The van der Waals surface area contributed by atoms with Crippen molar-refractivity contribution in [1.29, 1.82) is 0 Å². The maximum Gasteiger partial charge on any atom is 0.251 e. The molecule has 1 amide bonds. The van der Waals surface area contributed by atoms with E-state index < -0.39 is 0 Å². The molecule has 5 nitrogen and oxygen atoms in total. The highest BCUT2D eigenvalue weighted by Crippen LogP contribution is 2.25. The van der Waals surface area contributed by atoms with Crippen molar-refractivity contribution < 1.29 is 4.79 Å². The van der Waals surface area contributed by atoms with Crippen molar-refractivity contribution in [3.05, 3.63) is 23.8 Å². The van der Waals surface area contributed by atoms with Crippen LogP contribution in [0.1, 0.15) is 24.2 Å². The van der Waals surface area contributed by atoms with E-state index in [9.17, 15) is 4.79 Å². The molecule has 1 aliphatic heterocycles. The summed E-state index contributed by atoms with van der Waals surface area (Å²) in [6, 6.07) is 6.21. The molecule has 1 aromatic rings. The highest BCUT2D eigenvalue weighted by Gasteiger charge is 2.12. The van der Waals surface area contributed by atoms with Crippen LogP contribution < -0.4 is 16.0 Å². The van der Waals surface area contributed by atoms with Crippen LogP contribution in [0.4, 0.5) is 11.4 Å². The van der Waals surface area contributed by atoms with Crippen molar-refractivity contribution in [2.75, 3.05) is 43.9 Å². The third-order valence-electron chi connectivity index (χ3n) is 3.67. The molecular formula is C15H24N4O. The van der Waals surface area contributed by atoms with Crippen LogP contribution in [0.5, 0.6) is 0 Å². The number of amides is 1. The zero-order chi connectivity index (χ0) is 14.5. The molecule has 0 saturated heterocycles. The van der Waals surface area contributed by atoms with Crippen molar-refractivity contribution in [2.45, 2.75) is 19.9 Å². The number of hydrogen-bond acceptors (Lipinski definition) is 4. The Bertz CT molecular complexity index is 473. The number of carbonyl (C=O) groups is 1. The smallest absolute Gasteiger partial charge is 0.251 e. The lowest BCUT2D eigenvalue weighted by Crippen LogP contribution is -2.36. The second-order valence-corrected chi connectivity index (χ2v) is 5.44. The lowest BCUT2D eigenvalue weighted by atomic mass is 10.1. The van der Waals surface area contributed by atoms with Crippen LogP contribution in [0.2, 0.25) is 0 Å². The third kappa shape index (κ3) is 3.63. The lowest BCUT2D eigenvalue weighted by molar-refractivity contribution is 0.0948. The zero-order valence-corrected chi connectivity index (χ0v) is 12.5. The van der Waals surface area contributed by atoms with Crippen molar-refractivity contribution in [1.82, 2.24) is 10.2 Å². The summed E-state index contributed by atoms with van der Waals surface area (Å²) in [5.74, 6) is -0.0164. The number of nitrogens with zero attached hydrogens (tertiary/aromatic N) is 1. The maximum atomic E-state index is 12.1. The van der Waals surface area contributed by atoms with E-state index >= 15 is 0 Å². The van der Waals surface area contributed by atoms with Gasteiger partial charge in [-0.25, -0.2) is 0 Å². The molecule has 0 aromatic heterocycles. The van der Waals surface area contributed by atoms with E-state index in [0.717, 1.165) is 31.0 Å². The molecule has 0 spiro atoms. The Morgan fingerprint density at radius 3 is 2.70 bits per heavy atom. The summed E-state index contributed by atoms with van der Waals surface area (Å²) in [5.41, 5.74) is 2.77. The average Bonchev–Trinajstić information content (AvgIpc) is 2.46. The van der Waals surface area contributed by atoms with Crippen LogP contribution >= 0.6 is 0 Å². The molecule has 5 heteroatoms. The van der Waals surface area contributed by atoms with E-state index in [-0.39, 0.29) is 5.91 Å². The van der Waals surface area contributed by atoms with E-state index in [4.69, 9.17) is 0 Å². The van der Waals surface area contributed by atoms with E-state index in [2.05, 4.69) is 41.7 Å². The molecule has 0 atom stereocenters. The molecule has 3 N–H and O–H groups in total. The fraction of sp³-hybridized carbons (Fsp3) is 0.533. The summed E-state index contributed by atoms with van der Waals surface area (Å²) in [6.45, 7) is 7.61. The van der Waals surface area contributed by atoms with Crippen LogP contribution in [-0.2, 0) is 0 Å². The summed E-state index contributed by atoms with van der Waals surface area (Å²) in [4.78, 5) is 14.3. The van der Waals surface area contributed by atoms with Crippen LogP contribution in [0.25, 0.3) is 0 Å². The lowest BCUT2D eigenvalue weighted by Gasteiger charge is -2.22. The Labute approximate surface area is 120 Å². The van der Waals surface area contributed by atoms with Crippen molar-refractivity contribution in [3.63, 3.8) is 0 Å². The van der Waals surface area contributed by atoms with E-state index in [0.29, 0.717) is 18.2 Å². The number of rotatable bonds is 5. The second kappa shape index (κ2) is 6.61. The SMILES string of the molecule is CC(C)N(C)CCNC(=O)c1ccc2c(c1)NCCN2. The Hall–Kier alpha value is -1.75. The largest absolute Gasteiger partial charge is 0.382 e. The van der Waals surface area contributed by atoms with Crippen LogP contribution in [-0.4, -0.2) is 50.1 Å². The Morgan fingerprint density at radius 2 is 2.00 bits per heavy atom. The van der Waals surface area contributed by atoms with Crippen LogP contribution in [0.15, 0.2) is 18.2 Å². The number of hydrogen-bond donors (Lipinski definition) is 3.